The molecular formula is C20H23N5OS3. The zero-order chi connectivity index (χ0) is 19.9. The van der Waals surface area contributed by atoms with Gasteiger partial charge in [-0.25, -0.2) is 0 Å². The Kier molecular flexibility index (Phi) is 7.15. The molecule has 1 N–H and O–H groups in total. The summed E-state index contributed by atoms with van der Waals surface area (Å²) in [5, 5.41) is 14.5. The van der Waals surface area contributed by atoms with Crippen LogP contribution in [0.25, 0.3) is 0 Å². The van der Waals surface area contributed by atoms with Crippen LogP contribution >= 0.6 is 34.4 Å². The quantitative estimate of drug-likeness (QED) is 0.534. The van der Waals surface area contributed by atoms with Gasteiger partial charge in [-0.2, -0.15) is 0 Å². The number of thiophene rings is 1. The first-order valence-corrected chi connectivity index (χ1v) is 12.2. The molecule has 3 heterocycles. The number of hydrogen-bond donors (Lipinski definition) is 1. The molecule has 1 aliphatic rings. The van der Waals surface area contributed by atoms with Gasteiger partial charge in [0, 0.05) is 44.1 Å². The van der Waals surface area contributed by atoms with Crippen LogP contribution in [0.2, 0.25) is 0 Å². The third kappa shape index (κ3) is 6.02. The Morgan fingerprint density at radius 3 is 2.66 bits per heavy atom. The van der Waals surface area contributed by atoms with Gasteiger partial charge in [-0.05, 0) is 17.0 Å². The Morgan fingerprint density at radius 2 is 1.90 bits per heavy atom. The van der Waals surface area contributed by atoms with Crippen LogP contribution < -0.4 is 5.32 Å². The number of piperazine rings is 1. The van der Waals surface area contributed by atoms with Gasteiger partial charge in [0.05, 0.1) is 5.75 Å². The van der Waals surface area contributed by atoms with E-state index < -0.39 is 0 Å². The van der Waals surface area contributed by atoms with E-state index in [9.17, 15) is 4.79 Å². The maximum atomic E-state index is 12.5. The topological polar surface area (TPSA) is 61.4 Å². The molecule has 0 unspecified atom stereocenters. The SMILES string of the molecule is O=C(CSc1nnc(NCc2ccccc2)s1)N1CCN(Cc2cccs2)CC1. The molecule has 6 nitrogen and oxygen atoms in total. The average molecular weight is 446 g/mol. The standard InChI is InChI=1S/C20H23N5OS3/c26-18(25-10-8-24(9-11-25)14-17-7-4-12-27-17)15-28-20-23-22-19(29-20)21-13-16-5-2-1-3-6-16/h1-7,12H,8-11,13-15H2,(H,21,22). The summed E-state index contributed by atoms with van der Waals surface area (Å²) in [6.45, 7) is 5.16. The fraction of sp³-hybridized carbons (Fsp3) is 0.350. The highest BCUT2D eigenvalue weighted by atomic mass is 32.2. The summed E-state index contributed by atoms with van der Waals surface area (Å²) in [7, 11) is 0. The van der Waals surface area contributed by atoms with Crippen LogP contribution in [0.3, 0.4) is 0 Å². The van der Waals surface area contributed by atoms with Crippen LogP contribution in [0, 0.1) is 0 Å². The molecule has 29 heavy (non-hydrogen) atoms. The van der Waals surface area contributed by atoms with Crippen molar-refractivity contribution in [3.05, 3.63) is 58.3 Å². The molecule has 152 valence electrons. The zero-order valence-corrected chi connectivity index (χ0v) is 18.4. The Bertz CT molecular complexity index is 892. The average Bonchev–Trinajstić information content (AvgIpc) is 3.44. The van der Waals surface area contributed by atoms with Crippen LogP contribution in [-0.4, -0.2) is 57.8 Å². The first-order chi connectivity index (χ1) is 14.3. The maximum Gasteiger partial charge on any atom is 0.233 e. The summed E-state index contributed by atoms with van der Waals surface area (Å²) >= 11 is 4.76. The second-order valence-corrected chi connectivity index (χ2v) is 9.97. The maximum absolute atomic E-state index is 12.5. The molecule has 0 saturated carbocycles. The van der Waals surface area contributed by atoms with Gasteiger partial charge in [0.25, 0.3) is 0 Å². The smallest absolute Gasteiger partial charge is 0.233 e. The van der Waals surface area contributed by atoms with Gasteiger partial charge in [-0.1, -0.05) is 59.5 Å². The number of hydrogen-bond acceptors (Lipinski definition) is 8. The zero-order valence-electron chi connectivity index (χ0n) is 16.0. The van der Waals surface area contributed by atoms with E-state index in [0.29, 0.717) is 5.75 Å². The molecule has 0 bridgehead atoms. The summed E-state index contributed by atoms with van der Waals surface area (Å²) in [6, 6.07) is 14.4. The molecule has 4 rings (SSSR count). The second-order valence-electron chi connectivity index (χ2n) is 6.74. The van der Waals surface area contributed by atoms with Gasteiger partial charge < -0.3 is 10.2 Å². The number of nitrogens with one attached hydrogen (secondary N) is 1. The molecule has 1 amide bonds. The van der Waals surface area contributed by atoms with Crippen molar-refractivity contribution in [3.63, 3.8) is 0 Å². The van der Waals surface area contributed by atoms with Crippen molar-refractivity contribution in [1.82, 2.24) is 20.0 Å². The van der Waals surface area contributed by atoms with Gasteiger partial charge >= 0.3 is 0 Å². The molecule has 1 saturated heterocycles. The highest BCUT2D eigenvalue weighted by molar-refractivity contribution is 8.01. The molecule has 0 radical (unpaired) electrons. The summed E-state index contributed by atoms with van der Waals surface area (Å²) in [6.07, 6.45) is 0. The lowest BCUT2D eigenvalue weighted by Gasteiger charge is -2.34. The molecule has 2 aromatic heterocycles. The lowest BCUT2D eigenvalue weighted by atomic mass is 10.2. The molecular weight excluding hydrogens is 422 g/mol. The molecule has 3 aromatic rings. The number of amides is 1. The van der Waals surface area contributed by atoms with Crippen molar-refractivity contribution in [1.29, 1.82) is 0 Å². The van der Waals surface area contributed by atoms with E-state index in [4.69, 9.17) is 0 Å². The third-order valence-corrected chi connectivity index (χ3v) is 7.56. The predicted octanol–water partition coefficient (Wildman–Crippen LogP) is 3.65. The molecule has 0 aliphatic carbocycles. The van der Waals surface area contributed by atoms with E-state index in [1.807, 2.05) is 23.1 Å². The van der Waals surface area contributed by atoms with Crippen LogP contribution in [0.4, 0.5) is 5.13 Å². The van der Waals surface area contributed by atoms with Gasteiger partial charge in [-0.3, -0.25) is 9.69 Å². The predicted molar refractivity (Wildman–Crippen MR) is 121 cm³/mol. The van der Waals surface area contributed by atoms with Crippen LogP contribution in [0.15, 0.2) is 52.2 Å². The molecule has 1 fully saturated rings. The highest BCUT2D eigenvalue weighted by Gasteiger charge is 2.21. The van der Waals surface area contributed by atoms with E-state index in [2.05, 4.69) is 50.1 Å². The highest BCUT2D eigenvalue weighted by Crippen LogP contribution is 2.26. The van der Waals surface area contributed by atoms with E-state index in [-0.39, 0.29) is 5.91 Å². The minimum absolute atomic E-state index is 0.180. The lowest BCUT2D eigenvalue weighted by molar-refractivity contribution is -0.130. The molecule has 0 atom stereocenters. The van der Waals surface area contributed by atoms with Crippen molar-refractivity contribution in [3.8, 4) is 0 Å². The van der Waals surface area contributed by atoms with Gasteiger partial charge in [0.15, 0.2) is 4.34 Å². The number of rotatable bonds is 8. The van der Waals surface area contributed by atoms with E-state index in [1.165, 1.54) is 33.5 Å². The van der Waals surface area contributed by atoms with Crippen LogP contribution in [0.1, 0.15) is 10.4 Å². The molecule has 1 aromatic carbocycles. The Balaban J connectivity index is 1.18. The number of nitrogens with zero attached hydrogens (tertiary/aromatic N) is 4. The summed E-state index contributed by atoms with van der Waals surface area (Å²) in [5.41, 5.74) is 1.20. The van der Waals surface area contributed by atoms with Gasteiger partial charge in [0.2, 0.25) is 11.0 Å². The van der Waals surface area contributed by atoms with Crippen molar-refractivity contribution >= 4 is 45.5 Å². The number of aromatic nitrogens is 2. The monoisotopic (exact) mass is 445 g/mol. The number of anilines is 1. The summed E-state index contributed by atoms with van der Waals surface area (Å²) < 4.78 is 0.824. The van der Waals surface area contributed by atoms with Crippen molar-refractivity contribution in [2.45, 2.75) is 17.4 Å². The first kappa shape index (κ1) is 20.3. The normalized spacial score (nSPS) is 14.8. The Hall–Kier alpha value is -1.94. The van der Waals surface area contributed by atoms with Gasteiger partial charge in [-0.15, -0.1) is 21.5 Å². The van der Waals surface area contributed by atoms with Crippen LogP contribution in [0.5, 0.6) is 0 Å². The minimum Gasteiger partial charge on any atom is -0.356 e. The summed E-state index contributed by atoms with van der Waals surface area (Å²) in [4.78, 5) is 18.3. The fourth-order valence-corrected chi connectivity index (χ4v) is 5.50. The molecule has 1 aliphatic heterocycles. The van der Waals surface area contributed by atoms with Crippen LogP contribution in [-0.2, 0) is 17.9 Å². The second kappa shape index (κ2) is 10.2. The molecule has 9 heteroatoms. The summed E-state index contributed by atoms with van der Waals surface area (Å²) in [5.74, 6) is 0.595. The number of carbonyl (C=O) groups excluding carboxylic acids is 1. The van der Waals surface area contributed by atoms with E-state index in [1.54, 1.807) is 11.3 Å². The lowest BCUT2D eigenvalue weighted by Crippen LogP contribution is -2.48. The Labute approximate surface area is 183 Å². The minimum atomic E-state index is 0.180. The largest absolute Gasteiger partial charge is 0.356 e. The van der Waals surface area contributed by atoms with E-state index >= 15 is 0 Å². The number of carbonyl (C=O) groups is 1. The molecule has 0 spiro atoms. The van der Waals surface area contributed by atoms with Crippen molar-refractivity contribution < 1.29 is 4.79 Å². The van der Waals surface area contributed by atoms with Crippen molar-refractivity contribution in [2.75, 3.05) is 37.2 Å². The first-order valence-electron chi connectivity index (χ1n) is 9.53. The van der Waals surface area contributed by atoms with Crippen molar-refractivity contribution in [2.24, 2.45) is 0 Å². The van der Waals surface area contributed by atoms with E-state index in [0.717, 1.165) is 48.7 Å². The van der Waals surface area contributed by atoms with Gasteiger partial charge in [0.1, 0.15) is 0 Å². The Morgan fingerprint density at radius 1 is 1.07 bits per heavy atom. The number of benzene rings is 1. The fourth-order valence-electron chi connectivity index (χ4n) is 3.11. The number of thioether (sulfide) groups is 1. The third-order valence-electron chi connectivity index (χ3n) is 4.70.